The SMILES string of the molecule is CC1(C)Cc2cccc(OCC(=O)OCC(=O)N3CCc4ccccc43)c2O1. The Balaban J connectivity index is 1.30. The fraction of sp³-hybridized carbons (Fsp3) is 0.364. The number of carbonyl (C=O) groups excluding carboxylic acids is 2. The van der Waals surface area contributed by atoms with E-state index in [1.54, 1.807) is 11.0 Å². The normalized spacial score (nSPS) is 16.1. The van der Waals surface area contributed by atoms with Gasteiger partial charge in [0, 0.05) is 24.2 Å². The van der Waals surface area contributed by atoms with Gasteiger partial charge in [0.1, 0.15) is 5.60 Å². The van der Waals surface area contributed by atoms with Crippen LogP contribution < -0.4 is 14.4 Å². The number of nitrogens with zero attached hydrogens (tertiary/aromatic N) is 1. The van der Waals surface area contributed by atoms with Crippen LogP contribution >= 0.6 is 0 Å². The third-order valence-corrected chi connectivity index (χ3v) is 4.95. The third kappa shape index (κ3) is 3.67. The summed E-state index contributed by atoms with van der Waals surface area (Å²) < 4.78 is 16.6. The Hall–Kier alpha value is -3.02. The van der Waals surface area contributed by atoms with Crippen LogP contribution in [0, 0.1) is 0 Å². The van der Waals surface area contributed by atoms with Crippen LogP contribution in [0.4, 0.5) is 5.69 Å². The van der Waals surface area contributed by atoms with E-state index in [1.807, 2.05) is 50.2 Å². The molecule has 4 rings (SSSR count). The van der Waals surface area contributed by atoms with Gasteiger partial charge in [-0.1, -0.05) is 30.3 Å². The molecule has 0 aromatic heterocycles. The molecule has 0 spiro atoms. The quantitative estimate of drug-likeness (QED) is 0.745. The van der Waals surface area contributed by atoms with Crippen molar-refractivity contribution in [3.05, 3.63) is 53.6 Å². The third-order valence-electron chi connectivity index (χ3n) is 4.95. The van der Waals surface area contributed by atoms with Gasteiger partial charge < -0.3 is 19.1 Å². The van der Waals surface area contributed by atoms with Gasteiger partial charge in [-0.3, -0.25) is 4.79 Å². The molecule has 2 aliphatic rings. The molecular weight excluding hydrogens is 358 g/mol. The van der Waals surface area contributed by atoms with E-state index in [1.165, 1.54) is 0 Å². The van der Waals surface area contributed by atoms with E-state index in [0.717, 1.165) is 29.7 Å². The molecular formula is C22H23NO5. The molecule has 6 nitrogen and oxygen atoms in total. The molecule has 2 aromatic carbocycles. The van der Waals surface area contributed by atoms with E-state index >= 15 is 0 Å². The number of fused-ring (bicyclic) bond motifs is 2. The Morgan fingerprint density at radius 1 is 1.07 bits per heavy atom. The maximum absolute atomic E-state index is 12.4. The first kappa shape index (κ1) is 18.3. The van der Waals surface area contributed by atoms with E-state index in [4.69, 9.17) is 14.2 Å². The molecule has 0 N–H and O–H groups in total. The van der Waals surface area contributed by atoms with Gasteiger partial charge in [0.15, 0.2) is 24.7 Å². The highest BCUT2D eigenvalue weighted by molar-refractivity contribution is 5.97. The first-order valence-corrected chi connectivity index (χ1v) is 9.40. The molecule has 0 saturated heterocycles. The van der Waals surface area contributed by atoms with E-state index in [2.05, 4.69) is 0 Å². The zero-order chi connectivity index (χ0) is 19.7. The lowest BCUT2D eigenvalue weighted by Gasteiger charge is -2.18. The van der Waals surface area contributed by atoms with Crippen LogP contribution in [-0.2, 0) is 27.2 Å². The van der Waals surface area contributed by atoms with Gasteiger partial charge in [0.2, 0.25) is 0 Å². The van der Waals surface area contributed by atoms with Crippen molar-refractivity contribution < 1.29 is 23.8 Å². The highest BCUT2D eigenvalue weighted by atomic mass is 16.6. The minimum atomic E-state index is -0.587. The number of hydrogen-bond acceptors (Lipinski definition) is 5. The molecule has 0 fully saturated rings. The summed E-state index contributed by atoms with van der Waals surface area (Å²) >= 11 is 0. The first-order valence-electron chi connectivity index (χ1n) is 9.40. The van der Waals surface area contributed by atoms with Gasteiger partial charge in [-0.15, -0.1) is 0 Å². The molecule has 2 aliphatic heterocycles. The van der Waals surface area contributed by atoms with Crippen molar-refractivity contribution in [3.63, 3.8) is 0 Å². The van der Waals surface area contributed by atoms with Gasteiger partial charge in [0.25, 0.3) is 5.91 Å². The minimum Gasteiger partial charge on any atom is -0.483 e. The summed E-state index contributed by atoms with van der Waals surface area (Å²) in [6.45, 7) is 4.05. The zero-order valence-electron chi connectivity index (χ0n) is 16.1. The molecule has 0 unspecified atom stereocenters. The Morgan fingerprint density at radius 2 is 1.86 bits per heavy atom. The summed E-state index contributed by atoms with van der Waals surface area (Å²) in [5.41, 5.74) is 2.78. The predicted molar refractivity (Wildman–Crippen MR) is 104 cm³/mol. The van der Waals surface area contributed by atoms with Crippen molar-refractivity contribution in [2.45, 2.75) is 32.3 Å². The van der Waals surface area contributed by atoms with E-state index in [9.17, 15) is 9.59 Å². The lowest BCUT2D eigenvalue weighted by atomic mass is 10.0. The van der Waals surface area contributed by atoms with E-state index in [0.29, 0.717) is 18.0 Å². The van der Waals surface area contributed by atoms with Crippen molar-refractivity contribution in [1.29, 1.82) is 0 Å². The number of benzene rings is 2. The number of rotatable bonds is 5. The van der Waals surface area contributed by atoms with Gasteiger partial charge >= 0.3 is 5.97 Å². The summed E-state index contributed by atoms with van der Waals surface area (Å²) in [5, 5.41) is 0. The molecule has 146 valence electrons. The molecule has 2 aromatic rings. The molecule has 1 amide bonds. The number of anilines is 1. The average Bonchev–Trinajstić information content (AvgIpc) is 3.23. The second-order valence-corrected chi connectivity index (χ2v) is 7.66. The van der Waals surface area contributed by atoms with Crippen molar-refractivity contribution >= 4 is 17.6 Å². The highest BCUT2D eigenvalue weighted by Gasteiger charge is 2.32. The van der Waals surface area contributed by atoms with Crippen LogP contribution in [0.3, 0.4) is 0 Å². The van der Waals surface area contributed by atoms with Crippen LogP contribution in [0.5, 0.6) is 11.5 Å². The van der Waals surface area contributed by atoms with E-state index < -0.39 is 5.97 Å². The molecule has 0 saturated carbocycles. The van der Waals surface area contributed by atoms with Gasteiger partial charge in [-0.25, -0.2) is 4.79 Å². The van der Waals surface area contributed by atoms with Crippen LogP contribution in [0.25, 0.3) is 0 Å². The smallest absolute Gasteiger partial charge is 0.344 e. The van der Waals surface area contributed by atoms with Crippen molar-refractivity contribution in [1.82, 2.24) is 0 Å². The second kappa shape index (κ2) is 7.19. The minimum absolute atomic E-state index is 0.232. The van der Waals surface area contributed by atoms with Gasteiger partial charge in [0.05, 0.1) is 0 Å². The summed E-state index contributed by atoms with van der Waals surface area (Å²) in [4.78, 5) is 26.1. The van der Waals surface area contributed by atoms with Crippen molar-refractivity contribution in [2.24, 2.45) is 0 Å². The zero-order valence-corrected chi connectivity index (χ0v) is 16.1. The number of carbonyl (C=O) groups is 2. The second-order valence-electron chi connectivity index (χ2n) is 7.66. The summed E-state index contributed by atoms with van der Waals surface area (Å²) in [6.07, 6.45) is 1.60. The first-order chi connectivity index (χ1) is 13.4. The van der Waals surface area contributed by atoms with Crippen molar-refractivity contribution in [2.75, 3.05) is 24.7 Å². The maximum Gasteiger partial charge on any atom is 0.344 e. The van der Waals surface area contributed by atoms with Crippen LogP contribution in [0.15, 0.2) is 42.5 Å². The number of ether oxygens (including phenoxy) is 3. The van der Waals surface area contributed by atoms with Crippen LogP contribution in [0.1, 0.15) is 25.0 Å². The Morgan fingerprint density at radius 3 is 2.71 bits per heavy atom. The standard InChI is InChI=1S/C22H23NO5/c1-22(2)12-16-7-5-9-18(21(16)28-22)26-14-20(25)27-13-19(24)23-11-10-15-6-3-4-8-17(15)23/h3-9H,10-14H2,1-2H3. The molecule has 0 radical (unpaired) electrons. The average molecular weight is 381 g/mol. The molecule has 6 heteroatoms. The van der Waals surface area contributed by atoms with Crippen LogP contribution in [0.2, 0.25) is 0 Å². The highest BCUT2D eigenvalue weighted by Crippen LogP contribution is 2.41. The number of esters is 1. The largest absolute Gasteiger partial charge is 0.483 e. The fourth-order valence-corrected chi connectivity index (χ4v) is 3.70. The Labute approximate surface area is 164 Å². The Kier molecular flexibility index (Phi) is 4.71. The summed E-state index contributed by atoms with van der Waals surface area (Å²) in [6, 6.07) is 13.4. The lowest BCUT2D eigenvalue weighted by Crippen LogP contribution is -2.33. The lowest BCUT2D eigenvalue weighted by molar-refractivity contribution is -0.149. The predicted octanol–water partition coefficient (Wildman–Crippen LogP) is 2.91. The fourth-order valence-electron chi connectivity index (χ4n) is 3.70. The molecule has 0 atom stereocenters. The number of hydrogen-bond donors (Lipinski definition) is 0. The molecule has 0 bridgehead atoms. The monoisotopic (exact) mass is 381 g/mol. The van der Waals surface area contributed by atoms with E-state index in [-0.39, 0.29) is 24.7 Å². The number of amides is 1. The summed E-state index contributed by atoms with van der Waals surface area (Å²) in [5.74, 6) is 0.365. The van der Waals surface area contributed by atoms with Gasteiger partial charge in [-0.05, 0) is 38.0 Å². The topological polar surface area (TPSA) is 65.1 Å². The molecule has 0 aliphatic carbocycles. The van der Waals surface area contributed by atoms with Crippen molar-refractivity contribution in [3.8, 4) is 11.5 Å². The molecule has 2 heterocycles. The van der Waals surface area contributed by atoms with Gasteiger partial charge in [-0.2, -0.15) is 0 Å². The van der Waals surface area contributed by atoms with Crippen LogP contribution in [-0.4, -0.2) is 37.2 Å². The molecule has 28 heavy (non-hydrogen) atoms. The number of para-hydroxylation sites is 2. The Bertz CT molecular complexity index is 921. The summed E-state index contributed by atoms with van der Waals surface area (Å²) in [7, 11) is 0. The maximum atomic E-state index is 12.4.